The second kappa shape index (κ2) is 7.21. The van der Waals surface area contributed by atoms with Crippen LogP contribution in [-0.4, -0.2) is 32.3 Å². The Morgan fingerprint density at radius 3 is 2.76 bits per heavy atom. The van der Waals surface area contributed by atoms with Crippen molar-refractivity contribution in [2.45, 2.75) is 26.5 Å². The molecule has 0 radical (unpaired) electrons. The van der Waals surface area contributed by atoms with E-state index in [4.69, 9.17) is 4.74 Å². The first kappa shape index (κ1) is 16.8. The van der Waals surface area contributed by atoms with Crippen LogP contribution in [0.15, 0.2) is 48.5 Å². The van der Waals surface area contributed by atoms with Crippen molar-refractivity contribution in [3.05, 3.63) is 65.5 Å². The van der Waals surface area contributed by atoms with Crippen LogP contribution >= 0.6 is 0 Å². The maximum atomic E-state index is 13.7. The highest BCUT2D eigenvalue weighted by Crippen LogP contribution is 2.17. The maximum absolute atomic E-state index is 13.7. The lowest BCUT2D eigenvalue weighted by molar-refractivity contribution is 0.0378. The number of carbonyl (C=O) groups excluding carboxylic acids is 1. The molecule has 0 unspecified atom stereocenters. The van der Waals surface area contributed by atoms with Crippen LogP contribution in [0, 0.1) is 5.82 Å². The molecular formula is C18H17FN4O2. The molecule has 3 aromatic rings. The predicted molar refractivity (Wildman–Crippen MR) is 89.3 cm³/mol. The molecule has 0 bridgehead atoms. The van der Waals surface area contributed by atoms with E-state index < -0.39 is 5.97 Å². The van der Waals surface area contributed by atoms with Gasteiger partial charge in [-0.1, -0.05) is 30.3 Å². The third-order valence-electron chi connectivity index (χ3n) is 3.42. The average Bonchev–Trinajstić information content (AvgIpc) is 3.05. The Hall–Kier alpha value is -3.09. The van der Waals surface area contributed by atoms with Gasteiger partial charge in [-0.25, -0.2) is 9.18 Å². The van der Waals surface area contributed by atoms with E-state index in [-0.39, 0.29) is 18.5 Å². The zero-order valence-electron chi connectivity index (χ0n) is 13.9. The lowest BCUT2D eigenvalue weighted by atomic mass is 10.1. The van der Waals surface area contributed by atoms with Crippen LogP contribution in [0.4, 0.5) is 4.39 Å². The Morgan fingerprint density at radius 1 is 1.20 bits per heavy atom. The average molecular weight is 340 g/mol. The van der Waals surface area contributed by atoms with Crippen molar-refractivity contribution in [1.29, 1.82) is 0 Å². The first-order valence-electron chi connectivity index (χ1n) is 7.85. The summed E-state index contributed by atoms with van der Waals surface area (Å²) in [5.74, 6) is -0.370. The van der Waals surface area contributed by atoms with E-state index in [0.717, 1.165) is 0 Å². The number of esters is 1. The maximum Gasteiger partial charge on any atom is 0.338 e. The molecule has 128 valence electrons. The molecule has 2 aromatic carbocycles. The summed E-state index contributed by atoms with van der Waals surface area (Å²) in [5.41, 5.74) is 1.52. The second-order valence-electron chi connectivity index (χ2n) is 5.77. The molecule has 0 fully saturated rings. The second-order valence-corrected chi connectivity index (χ2v) is 5.77. The predicted octanol–water partition coefficient (Wildman–Crippen LogP) is 3.09. The van der Waals surface area contributed by atoms with Gasteiger partial charge in [0.15, 0.2) is 0 Å². The molecule has 0 spiro atoms. The van der Waals surface area contributed by atoms with Crippen molar-refractivity contribution in [2.24, 2.45) is 0 Å². The number of tetrazole rings is 1. The number of nitrogens with zero attached hydrogens (tertiary/aromatic N) is 4. The Labute approximate surface area is 144 Å². The molecule has 1 heterocycles. The molecule has 0 atom stereocenters. The standard InChI is InChI=1S/C18H17FN4O2/c1-12(2)25-18(24)14-8-5-7-13(10-14)17-20-22-23(21-17)11-15-6-3-4-9-16(15)19/h3-10,12H,11H2,1-2H3. The summed E-state index contributed by atoms with van der Waals surface area (Å²) in [4.78, 5) is 13.3. The van der Waals surface area contributed by atoms with Gasteiger partial charge in [-0.15, -0.1) is 10.2 Å². The zero-order valence-corrected chi connectivity index (χ0v) is 13.9. The van der Waals surface area contributed by atoms with Gasteiger partial charge in [-0.2, -0.15) is 4.80 Å². The summed E-state index contributed by atoms with van der Waals surface area (Å²) in [6.45, 7) is 3.75. The number of aromatic nitrogens is 4. The lowest BCUT2D eigenvalue weighted by Gasteiger charge is -2.08. The number of rotatable bonds is 5. The molecule has 0 N–H and O–H groups in total. The fourth-order valence-corrected chi connectivity index (χ4v) is 2.27. The number of ether oxygens (including phenoxy) is 1. The third-order valence-corrected chi connectivity index (χ3v) is 3.42. The summed E-state index contributed by atoms with van der Waals surface area (Å²) in [7, 11) is 0. The zero-order chi connectivity index (χ0) is 17.8. The first-order valence-corrected chi connectivity index (χ1v) is 7.85. The molecule has 7 heteroatoms. The molecule has 25 heavy (non-hydrogen) atoms. The van der Waals surface area contributed by atoms with Crippen LogP contribution < -0.4 is 0 Å². The first-order chi connectivity index (χ1) is 12.0. The van der Waals surface area contributed by atoms with E-state index in [9.17, 15) is 9.18 Å². The summed E-state index contributed by atoms with van der Waals surface area (Å²) in [6, 6.07) is 13.2. The minimum absolute atomic E-state index is 0.175. The van der Waals surface area contributed by atoms with Crippen molar-refractivity contribution in [3.8, 4) is 11.4 Å². The Bertz CT molecular complexity index is 892. The SMILES string of the molecule is CC(C)OC(=O)c1cccc(-c2nnn(Cc3ccccc3F)n2)c1. The van der Waals surface area contributed by atoms with E-state index in [1.54, 1.807) is 56.3 Å². The van der Waals surface area contributed by atoms with E-state index in [0.29, 0.717) is 22.5 Å². The summed E-state index contributed by atoms with van der Waals surface area (Å²) >= 11 is 0. The monoisotopic (exact) mass is 340 g/mol. The Balaban J connectivity index is 1.80. The van der Waals surface area contributed by atoms with Gasteiger partial charge in [-0.3, -0.25) is 0 Å². The summed E-state index contributed by atoms with van der Waals surface area (Å²) < 4.78 is 18.9. The minimum Gasteiger partial charge on any atom is -0.459 e. The van der Waals surface area contributed by atoms with E-state index >= 15 is 0 Å². The number of carbonyl (C=O) groups is 1. The van der Waals surface area contributed by atoms with Gasteiger partial charge in [0.25, 0.3) is 0 Å². The van der Waals surface area contributed by atoms with E-state index in [2.05, 4.69) is 15.4 Å². The molecule has 0 aliphatic heterocycles. The summed E-state index contributed by atoms with van der Waals surface area (Å²) in [5, 5.41) is 12.2. The van der Waals surface area contributed by atoms with E-state index in [1.807, 2.05) is 0 Å². The Morgan fingerprint density at radius 2 is 2.00 bits per heavy atom. The highest BCUT2D eigenvalue weighted by atomic mass is 19.1. The van der Waals surface area contributed by atoms with E-state index in [1.165, 1.54) is 10.9 Å². The molecule has 6 nitrogen and oxygen atoms in total. The molecule has 0 aliphatic rings. The number of halogens is 1. The van der Waals surface area contributed by atoms with Gasteiger partial charge >= 0.3 is 5.97 Å². The van der Waals surface area contributed by atoms with Gasteiger partial charge in [0.05, 0.1) is 18.2 Å². The topological polar surface area (TPSA) is 69.9 Å². The Kier molecular flexibility index (Phi) is 4.83. The molecular weight excluding hydrogens is 323 g/mol. The van der Waals surface area contributed by atoms with Crippen LogP contribution in [0.3, 0.4) is 0 Å². The van der Waals surface area contributed by atoms with Gasteiger partial charge in [-0.05, 0) is 37.3 Å². The fraction of sp³-hybridized carbons (Fsp3) is 0.222. The lowest BCUT2D eigenvalue weighted by Crippen LogP contribution is -2.11. The van der Waals surface area contributed by atoms with Crippen LogP contribution in [-0.2, 0) is 11.3 Å². The number of hydrogen-bond donors (Lipinski definition) is 0. The summed E-state index contributed by atoms with van der Waals surface area (Å²) in [6.07, 6.45) is -0.198. The van der Waals surface area contributed by atoms with Crippen molar-refractivity contribution in [2.75, 3.05) is 0 Å². The molecule has 0 saturated carbocycles. The smallest absolute Gasteiger partial charge is 0.338 e. The van der Waals surface area contributed by atoms with Crippen molar-refractivity contribution in [3.63, 3.8) is 0 Å². The van der Waals surface area contributed by atoms with Gasteiger partial charge in [0.1, 0.15) is 5.82 Å². The van der Waals surface area contributed by atoms with Gasteiger partial charge < -0.3 is 4.74 Å². The third kappa shape index (κ3) is 4.06. The highest BCUT2D eigenvalue weighted by molar-refractivity contribution is 5.90. The molecule has 1 aromatic heterocycles. The van der Waals surface area contributed by atoms with Crippen LogP contribution in [0.25, 0.3) is 11.4 Å². The molecule has 0 saturated heterocycles. The molecule has 3 rings (SSSR count). The van der Waals surface area contributed by atoms with Crippen molar-refractivity contribution < 1.29 is 13.9 Å². The molecule has 0 amide bonds. The van der Waals surface area contributed by atoms with Crippen LogP contribution in [0.5, 0.6) is 0 Å². The number of benzene rings is 2. The van der Waals surface area contributed by atoms with Crippen LogP contribution in [0.2, 0.25) is 0 Å². The highest BCUT2D eigenvalue weighted by Gasteiger charge is 2.13. The number of hydrogen-bond acceptors (Lipinski definition) is 5. The van der Waals surface area contributed by atoms with Crippen LogP contribution in [0.1, 0.15) is 29.8 Å². The largest absolute Gasteiger partial charge is 0.459 e. The quantitative estimate of drug-likeness (QED) is 0.668. The normalized spacial score (nSPS) is 10.9. The molecule has 0 aliphatic carbocycles. The fourth-order valence-electron chi connectivity index (χ4n) is 2.27. The van der Waals surface area contributed by atoms with Gasteiger partial charge in [0, 0.05) is 11.1 Å². The van der Waals surface area contributed by atoms with Crippen molar-refractivity contribution in [1.82, 2.24) is 20.2 Å². The minimum atomic E-state index is -0.407. The van der Waals surface area contributed by atoms with Crippen molar-refractivity contribution >= 4 is 5.97 Å². The van der Waals surface area contributed by atoms with Gasteiger partial charge in [0.2, 0.25) is 5.82 Å².